The summed E-state index contributed by atoms with van der Waals surface area (Å²) in [4.78, 5) is 32.5. The van der Waals surface area contributed by atoms with Gasteiger partial charge >= 0.3 is 0 Å². The van der Waals surface area contributed by atoms with Crippen LogP contribution in [0, 0.1) is 0 Å². The summed E-state index contributed by atoms with van der Waals surface area (Å²) < 4.78 is 13.3. The zero-order valence-corrected chi connectivity index (χ0v) is 19.7. The summed E-state index contributed by atoms with van der Waals surface area (Å²) in [6, 6.07) is 13.4. The fourth-order valence-electron chi connectivity index (χ4n) is 4.26. The number of hydrogen-bond acceptors (Lipinski definition) is 6. The number of aromatic amines is 1. The van der Waals surface area contributed by atoms with Crippen LogP contribution in [-0.4, -0.2) is 38.4 Å². The molecule has 1 amide bonds. The molecule has 0 bridgehead atoms. The van der Waals surface area contributed by atoms with Gasteiger partial charge in [0.05, 0.1) is 18.5 Å². The van der Waals surface area contributed by atoms with Crippen molar-refractivity contribution in [1.82, 2.24) is 25.1 Å². The molecule has 0 saturated heterocycles. The van der Waals surface area contributed by atoms with Crippen molar-refractivity contribution in [1.29, 1.82) is 0 Å². The third-order valence-corrected chi connectivity index (χ3v) is 5.93. The molecule has 1 aliphatic rings. The van der Waals surface area contributed by atoms with Gasteiger partial charge < -0.3 is 19.8 Å². The molecule has 2 N–H and O–H groups in total. The van der Waals surface area contributed by atoms with Gasteiger partial charge in [0.2, 0.25) is 5.91 Å². The highest BCUT2D eigenvalue weighted by Gasteiger charge is 2.22. The smallest absolute Gasteiger partial charge is 0.262 e. The first-order valence-electron chi connectivity index (χ1n) is 11.8. The molecule has 2 aromatic carbocycles. The maximum Gasteiger partial charge on any atom is 0.262 e. The Hall–Kier alpha value is -4.14. The van der Waals surface area contributed by atoms with Gasteiger partial charge in [-0.15, -0.1) is 0 Å². The van der Waals surface area contributed by atoms with Gasteiger partial charge in [-0.1, -0.05) is 18.2 Å². The van der Waals surface area contributed by atoms with Crippen molar-refractivity contribution in [2.24, 2.45) is 0 Å². The van der Waals surface area contributed by atoms with Crippen LogP contribution in [0.25, 0.3) is 16.7 Å². The van der Waals surface area contributed by atoms with Crippen LogP contribution in [0.5, 0.6) is 11.5 Å². The number of nitrogens with zero attached hydrogens (tertiary/aromatic N) is 3. The quantitative estimate of drug-likeness (QED) is 0.407. The number of hydrogen-bond donors (Lipinski definition) is 2. The van der Waals surface area contributed by atoms with E-state index in [9.17, 15) is 9.59 Å². The van der Waals surface area contributed by atoms with Gasteiger partial charge in [0, 0.05) is 36.9 Å². The van der Waals surface area contributed by atoms with Gasteiger partial charge in [-0.3, -0.25) is 9.59 Å². The number of carbonyl (C=O) groups is 1. The summed E-state index contributed by atoms with van der Waals surface area (Å²) in [5.74, 6) is 1.89. The zero-order chi connectivity index (χ0) is 24.4. The van der Waals surface area contributed by atoms with Gasteiger partial charge in [-0.2, -0.15) is 5.10 Å². The molecule has 1 atom stereocenters. The van der Waals surface area contributed by atoms with Gasteiger partial charge in [0.25, 0.3) is 5.56 Å². The van der Waals surface area contributed by atoms with Crippen molar-refractivity contribution >= 4 is 16.9 Å². The Morgan fingerprint density at radius 1 is 1.29 bits per heavy atom. The summed E-state index contributed by atoms with van der Waals surface area (Å²) in [6.07, 6.45) is 2.95. The predicted molar refractivity (Wildman–Crippen MR) is 131 cm³/mol. The Labute approximate surface area is 202 Å². The summed E-state index contributed by atoms with van der Waals surface area (Å²) in [5.41, 5.74) is 2.98. The number of para-hydroxylation sites is 1. The highest BCUT2D eigenvalue weighted by Crippen LogP contribution is 2.35. The van der Waals surface area contributed by atoms with E-state index < -0.39 is 0 Å². The maximum atomic E-state index is 12.6. The van der Waals surface area contributed by atoms with Crippen LogP contribution in [-0.2, 0) is 24.2 Å². The van der Waals surface area contributed by atoms with E-state index in [1.54, 1.807) is 4.68 Å². The molecule has 4 aromatic rings. The van der Waals surface area contributed by atoms with Crippen molar-refractivity contribution in [2.45, 2.75) is 45.8 Å². The first-order chi connectivity index (χ1) is 17.0. The highest BCUT2D eigenvalue weighted by atomic mass is 16.5. The van der Waals surface area contributed by atoms with Crippen LogP contribution in [0.2, 0.25) is 0 Å². The van der Waals surface area contributed by atoms with E-state index in [4.69, 9.17) is 9.47 Å². The number of amides is 1. The minimum Gasteiger partial charge on any atom is -0.494 e. The Morgan fingerprint density at radius 3 is 2.91 bits per heavy atom. The number of aryl methyl sites for hydroxylation is 1. The number of nitrogens with one attached hydrogen (secondary N) is 2. The first kappa shape index (κ1) is 22.6. The van der Waals surface area contributed by atoms with E-state index in [-0.39, 0.29) is 24.0 Å². The lowest BCUT2D eigenvalue weighted by Crippen LogP contribution is -2.24. The number of H-pyrrole nitrogens is 1. The van der Waals surface area contributed by atoms with Crippen molar-refractivity contribution in [2.75, 3.05) is 6.61 Å². The average molecular weight is 474 g/mol. The summed E-state index contributed by atoms with van der Waals surface area (Å²) in [6.45, 7) is 4.83. The van der Waals surface area contributed by atoms with Crippen LogP contribution in [0.1, 0.15) is 37.2 Å². The van der Waals surface area contributed by atoms with E-state index >= 15 is 0 Å². The lowest BCUT2D eigenvalue weighted by atomic mass is 10.1. The van der Waals surface area contributed by atoms with Crippen molar-refractivity contribution < 1.29 is 14.3 Å². The Kier molecular flexibility index (Phi) is 6.22. The van der Waals surface area contributed by atoms with E-state index in [1.165, 1.54) is 6.20 Å². The molecule has 3 heterocycles. The molecule has 0 radical (unpaired) electrons. The van der Waals surface area contributed by atoms with E-state index in [2.05, 4.69) is 20.4 Å². The Bertz CT molecular complexity index is 1430. The second-order valence-electron chi connectivity index (χ2n) is 8.55. The standard InChI is InChI=1S/C26H27N5O4/c1-3-34-21-12-17-11-16(2)35-22(17)13-18(21)14-27-24(32)10-9-23-29-25-20(26(33)30-23)15-28-31(25)19-7-5-4-6-8-19/h4-8,12-13,15-16H,3,9-11,14H2,1-2H3,(H,27,32)(H,29,30,33). The molecular formula is C26H27N5O4. The summed E-state index contributed by atoms with van der Waals surface area (Å²) >= 11 is 0. The van der Waals surface area contributed by atoms with Crippen LogP contribution < -0.4 is 20.3 Å². The van der Waals surface area contributed by atoms with Gasteiger partial charge in [-0.05, 0) is 38.1 Å². The van der Waals surface area contributed by atoms with Crippen LogP contribution in [0.3, 0.4) is 0 Å². The predicted octanol–water partition coefficient (Wildman–Crippen LogP) is 3.08. The zero-order valence-electron chi connectivity index (χ0n) is 19.7. The van der Waals surface area contributed by atoms with E-state index in [0.717, 1.165) is 34.7 Å². The van der Waals surface area contributed by atoms with Crippen molar-refractivity contribution in [3.8, 4) is 17.2 Å². The molecule has 2 aromatic heterocycles. The van der Waals surface area contributed by atoms with E-state index in [1.807, 2.05) is 56.3 Å². The third-order valence-electron chi connectivity index (χ3n) is 5.93. The molecule has 0 fully saturated rings. The van der Waals surface area contributed by atoms with Crippen LogP contribution in [0.15, 0.2) is 53.5 Å². The Balaban J connectivity index is 1.27. The lowest BCUT2D eigenvalue weighted by Gasteiger charge is -2.13. The number of aromatic nitrogens is 4. The average Bonchev–Trinajstić information content (AvgIpc) is 3.44. The molecule has 5 rings (SSSR count). The van der Waals surface area contributed by atoms with Crippen LogP contribution >= 0.6 is 0 Å². The SMILES string of the molecule is CCOc1cc2c(cc1CNC(=O)CCc1nc3c(cnn3-c3ccccc3)c(=O)[nH]1)OC(C)C2. The minimum atomic E-state index is -0.277. The molecule has 35 heavy (non-hydrogen) atoms. The monoisotopic (exact) mass is 473 g/mol. The molecule has 9 nitrogen and oxygen atoms in total. The number of ether oxygens (including phenoxy) is 2. The summed E-state index contributed by atoms with van der Waals surface area (Å²) in [7, 11) is 0. The minimum absolute atomic E-state index is 0.134. The van der Waals surface area contributed by atoms with Crippen molar-refractivity contribution in [3.05, 3.63) is 76.0 Å². The molecule has 1 unspecified atom stereocenters. The molecule has 0 saturated carbocycles. The fourth-order valence-corrected chi connectivity index (χ4v) is 4.26. The van der Waals surface area contributed by atoms with E-state index in [0.29, 0.717) is 36.4 Å². The molecule has 0 spiro atoms. The normalized spacial score (nSPS) is 14.5. The van der Waals surface area contributed by atoms with Gasteiger partial charge in [0.15, 0.2) is 5.65 Å². The molecular weight excluding hydrogens is 446 g/mol. The largest absolute Gasteiger partial charge is 0.494 e. The number of benzene rings is 2. The fraction of sp³-hybridized carbons (Fsp3) is 0.308. The molecule has 9 heteroatoms. The van der Waals surface area contributed by atoms with Gasteiger partial charge in [-0.25, -0.2) is 9.67 Å². The molecule has 0 aliphatic carbocycles. The number of fused-ring (bicyclic) bond motifs is 2. The highest BCUT2D eigenvalue weighted by molar-refractivity contribution is 5.77. The first-order valence-corrected chi connectivity index (χ1v) is 11.8. The number of rotatable bonds is 8. The maximum absolute atomic E-state index is 12.6. The second-order valence-corrected chi connectivity index (χ2v) is 8.55. The van der Waals surface area contributed by atoms with Crippen molar-refractivity contribution in [3.63, 3.8) is 0 Å². The lowest BCUT2D eigenvalue weighted by molar-refractivity contribution is -0.121. The Morgan fingerprint density at radius 2 is 2.11 bits per heavy atom. The summed E-state index contributed by atoms with van der Waals surface area (Å²) in [5, 5.41) is 7.66. The number of carbonyl (C=O) groups excluding carboxylic acids is 1. The second kappa shape index (κ2) is 9.61. The van der Waals surface area contributed by atoms with Gasteiger partial charge in [0.1, 0.15) is 28.8 Å². The molecule has 1 aliphatic heterocycles. The topological polar surface area (TPSA) is 111 Å². The van der Waals surface area contributed by atoms with Crippen LogP contribution in [0.4, 0.5) is 0 Å². The third kappa shape index (κ3) is 4.75. The molecule has 180 valence electrons.